The summed E-state index contributed by atoms with van der Waals surface area (Å²) in [4.78, 5) is 0. The van der Waals surface area contributed by atoms with Gasteiger partial charge < -0.3 is 14.0 Å². The van der Waals surface area contributed by atoms with Gasteiger partial charge in [0, 0.05) is 26.4 Å². The Kier molecular flexibility index (Phi) is 4.51. The van der Waals surface area contributed by atoms with E-state index in [4.69, 9.17) is 9.47 Å². The lowest BCUT2D eigenvalue weighted by molar-refractivity contribution is 0.187. The van der Waals surface area contributed by atoms with Gasteiger partial charge in [0.2, 0.25) is 5.88 Å². The molecule has 0 N–H and O–H groups in total. The largest absolute Gasteiger partial charge is 0.476 e. The van der Waals surface area contributed by atoms with E-state index in [9.17, 15) is 0 Å². The minimum absolute atomic E-state index is 0.569. The van der Waals surface area contributed by atoms with Crippen molar-refractivity contribution < 1.29 is 9.47 Å². The van der Waals surface area contributed by atoms with Crippen molar-refractivity contribution in [2.75, 3.05) is 20.3 Å². The lowest BCUT2D eigenvalue weighted by Crippen LogP contribution is -2.05. The standard InChI is InChI=1S/C12H19N5O2/c1-4-17-8-10(12(15-17)19-5-2)11-14-13-9-16(11)6-7-18-3/h8-9H,4-7H2,1-3H3. The fraction of sp³-hybridized carbons (Fsp3) is 0.583. The fourth-order valence-corrected chi connectivity index (χ4v) is 1.78. The molecule has 0 aromatic carbocycles. The molecule has 2 rings (SSSR count). The van der Waals surface area contributed by atoms with Crippen LogP contribution in [0.15, 0.2) is 12.5 Å². The first kappa shape index (κ1) is 13.5. The fourth-order valence-electron chi connectivity index (χ4n) is 1.78. The monoisotopic (exact) mass is 265 g/mol. The second kappa shape index (κ2) is 6.33. The van der Waals surface area contributed by atoms with Crippen LogP contribution >= 0.6 is 0 Å². The van der Waals surface area contributed by atoms with Gasteiger partial charge >= 0.3 is 0 Å². The van der Waals surface area contributed by atoms with Crippen molar-refractivity contribution in [3.8, 4) is 17.3 Å². The van der Waals surface area contributed by atoms with Crippen molar-refractivity contribution in [2.45, 2.75) is 26.9 Å². The van der Waals surface area contributed by atoms with Crippen LogP contribution < -0.4 is 4.74 Å². The second-order valence-corrected chi connectivity index (χ2v) is 3.98. The van der Waals surface area contributed by atoms with Gasteiger partial charge in [-0.1, -0.05) is 0 Å². The summed E-state index contributed by atoms with van der Waals surface area (Å²) >= 11 is 0. The third-order valence-corrected chi connectivity index (χ3v) is 2.73. The molecule has 7 nitrogen and oxygen atoms in total. The molecule has 0 atom stereocenters. The average Bonchev–Trinajstić information content (AvgIpc) is 3.02. The minimum Gasteiger partial charge on any atom is -0.476 e. The molecule has 2 heterocycles. The Hall–Kier alpha value is -1.89. The van der Waals surface area contributed by atoms with E-state index in [1.165, 1.54) is 0 Å². The molecule has 0 radical (unpaired) electrons. The highest BCUT2D eigenvalue weighted by Gasteiger charge is 2.17. The van der Waals surface area contributed by atoms with Crippen LogP contribution in [0.25, 0.3) is 11.4 Å². The second-order valence-electron chi connectivity index (χ2n) is 3.98. The van der Waals surface area contributed by atoms with Crippen LogP contribution in [0, 0.1) is 0 Å². The molecule has 19 heavy (non-hydrogen) atoms. The molecule has 0 saturated heterocycles. The summed E-state index contributed by atoms with van der Waals surface area (Å²) in [6.07, 6.45) is 3.62. The molecule has 0 aliphatic rings. The summed E-state index contributed by atoms with van der Waals surface area (Å²) in [5.74, 6) is 1.34. The number of rotatable bonds is 7. The molecule has 0 aliphatic carbocycles. The average molecular weight is 265 g/mol. The van der Waals surface area contributed by atoms with Crippen LogP contribution in [-0.4, -0.2) is 44.9 Å². The molecule has 0 saturated carbocycles. The molecule has 2 aromatic heterocycles. The first-order valence-corrected chi connectivity index (χ1v) is 6.37. The van der Waals surface area contributed by atoms with Crippen LogP contribution in [0.3, 0.4) is 0 Å². The van der Waals surface area contributed by atoms with Gasteiger partial charge in [0.1, 0.15) is 11.9 Å². The number of hydrogen-bond donors (Lipinski definition) is 0. The lowest BCUT2D eigenvalue weighted by Gasteiger charge is -2.05. The summed E-state index contributed by atoms with van der Waals surface area (Å²) in [5.41, 5.74) is 0.859. The summed E-state index contributed by atoms with van der Waals surface area (Å²) in [6, 6.07) is 0. The van der Waals surface area contributed by atoms with Gasteiger partial charge in [0.25, 0.3) is 0 Å². The molecule has 104 valence electrons. The molecule has 0 aliphatic heterocycles. The highest BCUT2D eigenvalue weighted by atomic mass is 16.5. The Balaban J connectivity index is 2.34. The normalized spacial score (nSPS) is 10.9. The van der Waals surface area contributed by atoms with Crippen molar-refractivity contribution in [2.24, 2.45) is 0 Å². The van der Waals surface area contributed by atoms with Crippen LogP contribution in [-0.2, 0) is 17.8 Å². The van der Waals surface area contributed by atoms with Crippen LogP contribution in [0.4, 0.5) is 0 Å². The number of aryl methyl sites for hydroxylation is 1. The van der Waals surface area contributed by atoms with Crippen molar-refractivity contribution in [1.29, 1.82) is 0 Å². The maximum Gasteiger partial charge on any atom is 0.243 e. The summed E-state index contributed by atoms with van der Waals surface area (Å²) < 4.78 is 14.4. The maximum atomic E-state index is 5.56. The molecule has 0 amide bonds. The van der Waals surface area contributed by atoms with Gasteiger partial charge in [-0.3, -0.25) is 4.68 Å². The van der Waals surface area contributed by atoms with E-state index in [2.05, 4.69) is 15.3 Å². The van der Waals surface area contributed by atoms with Crippen molar-refractivity contribution in [3.63, 3.8) is 0 Å². The van der Waals surface area contributed by atoms with Gasteiger partial charge in [0.15, 0.2) is 5.82 Å². The predicted octanol–water partition coefficient (Wildman–Crippen LogP) is 1.21. The Morgan fingerprint density at radius 1 is 1.32 bits per heavy atom. The quantitative estimate of drug-likeness (QED) is 0.752. The third-order valence-electron chi connectivity index (χ3n) is 2.73. The first-order chi connectivity index (χ1) is 9.30. The smallest absolute Gasteiger partial charge is 0.243 e. The van der Waals surface area contributed by atoms with E-state index in [-0.39, 0.29) is 0 Å². The van der Waals surface area contributed by atoms with E-state index in [0.717, 1.165) is 17.9 Å². The molecular weight excluding hydrogens is 246 g/mol. The number of ether oxygens (including phenoxy) is 2. The van der Waals surface area contributed by atoms with Crippen LogP contribution in [0.1, 0.15) is 13.8 Å². The molecule has 0 spiro atoms. The van der Waals surface area contributed by atoms with Crippen molar-refractivity contribution in [3.05, 3.63) is 12.5 Å². The lowest BCUT2D eigenvalue weighted by atomic mass is 10.3. The van der Waals surface area contributed by atoms with E-state index >= 15 is 0 Å². The third kappa shape index (κ3) is 2.93. The van der Waals surface area contributed by atoms with E-state index in [1.54, 1.807) is 13.4 Å². The number of nitrogens with zero attached hydrogens (tertiary/aromatic N) is 5. The van der Waals surface area contributed by atoms with Crippen molar-refractivity contribution >= 4 is 0 Å². The summed E-state index contributed by atoms with van der Waals surface area (Å²) in [7, 11) is 1.67. The number of methoxy groups -OCH3 is 1. The zero-order valence-electron chi connectivity index (χ0n) is 11.5. The Morgan fingerprint density at radius 2 is 2.16 bits per heavy atom. The molecule has 0 bridgehead atoms. The maximum absolute atomic E-state index is 5.56. The van der Waals surface area contributed by atoms with Gasteiger partial charge in [0.05, 0.1) is 13.2 Å². The Labute approximate surface area is 112 Å². The Bertz CT molecular complexity index is 520. The van der Waals surface area contributed by atoms with Crippen molar-refractivity contribution in [1.82, 2.24) is 24.5 Å². The molecule has 7 heteroatoms. The van der Waals surface area contributed by atoms with E-state index in [0.29, 0.717) is 25.6 Å². The number of aromatic nitrogens is 5. The summed E-state index contributed by atoms with van der Waals surface area (Å²) in [5, 5.41) is 12.5. The van der Waals surface area contributed by atoms with Gasteiger partial charge in [-0.25, -0.2) is 0 Å². The first-order valence-electron chi connectivity index (χ1n) is 6.37. The zero-order chi connectivity index (χ0) is 13.7. The highest BCUT2D eigenvalue weighted by Crippen LogP contribution is 2.27. The zero-order valence-corrected chi connectivity index (χ0v) is 11.5. The van der Waals surface area contributed by atoms with E-state index < -0.39 is 0 Å². The number of hydrogen-bond acceptors (Lipinski definition) is 5. The summed E-state index contributed by atoms with van der Waals surface area (Å²) in [6.45, 7) is 6.62. The molecule has 0 fully saturated rings. The molecule has 2 aromatic rings. The minimum atomic E-state index is 0.569. The van der Waals surface area contributed by atoms with Gasteiger partial charge in [-0.2, -0.15) is 0 Å². The molecular formula is C12H19N5O2. The Morgan fingerprint density at radius 3 is 2.84 bits per heavy atom. The van der Waals surface area contributed by atoms with E-state index in [1.807, 2.05) is 29.3 Å². The highest BCUT2D eigenvalue weighted by molar-refractivity contribution is 5.60. The van der Waals surface area contributed by atoms with Crippen LogP contribution in [0.5, 0.6) is 5.88 Å². The SMILES string of the molecule is CCOc1nn(CC)cc1-c1nncn1CCOC. The van der Waals surface area contributed by atoms with Crippen LogP contribution in [0.2, 0.25) is 0 Å². The predicted molar refractivity (Wildman–Crippen MR) is 70.0 cm³/mol. The van der Waals surface area contributed by atoms with Gasteiger partial charge in [-0.15, -0.1) is 15.3 Å². The van der Waals surface area contributed by atoms with Gasteiger partial charge in [-0.05, 0) is 13.8 Å². The topological polar surface area (TPSA) is 67.0 Å². The molecule has 0 unspecified atom stereocenters.